The van der Waals surface area contributed by atoms with E-state index in [4.69, 9.17) is 16.3 Å². The summed E-state index contributed by atoms with van der Waals surface area (Å²) in [6.07, 6.45) is 2.63. The number of ether oxygens (including phenoxy) is 1. The van der Waals surface area contributed by atoms with E-state index in [1.165, 1.54) is 22.8 Å². The van der Waals surface area contributed by atoms with E-state index >= 15 is 0 Å². The third-order valence-corrected chi connectivity index (χ3v) is 9.50. The van der Waals surface area contributed by atoms with E-state index in [9.17, 15) is 29.1 Å². The molecule has 1 atom stereocenters. The Morgan fingerprint density at radius 1 is 1.04 bits per heavy atom. The summed E-state index contributed by atoms with van der Waals surface area (Å²) in [5, 5.41) is 20.1. The molecule has 12 nitrogen and oxygen atoms in total. The second kappa shape index (κ2) is 13.2. The van der Waals surface area contributed by atoms with Crippen LogP contribution in [0.2, 0.25) is 5.02 Å². The van der Waals surface area contributed by atoms with Gasteiger partial charge in [-0.1, -0.05) is 41.9 Å². The van der Waals surface area contributed by atoms with Gasteiger partial charge in [0.1, 0.15) is 23.7 Å². The van der Waals surface area contributed by atoms with Crippen LogP contribution in [0.25, 0.3) is 5.65 Å². The molecule has 0 fully saturated rings. The normalized spacial score (nSPS) is 14.8. The van der Waals surface area contributed by atoms with Crippen molar-refractivity contribution in [1.82, 2.24) is 25.2 Å². The molecule has 1 aliphatic heterocycles. The predicted molar refractivity (Wildman–Crippen MR) is 181 cm³/mol. The number of hydrogen-bond donors (Lipinski definition) is 3. The van der Waals surface area contributed by atoms with Gasteiger partial charge in [0.15, 0.2) is 17.2 Å². The number of nitrogens with zero attached hydrogens (tertiary/aromatic N) is 3. The molecule has 5 aromatic rings. The number of carbonyl (C=O) groups excluding carboxylic acids is 4. The Bertz CT molecular complexity index is 2260. The molecule has 0 bridgehead atoms. The van der Waals surface area contributed by atoms with Gasteiger partial charge in [0.05, 0.1) is 23.4 Å². The minimum atomic E-state index is -1.02. The summed E-state index contributed by atoms with van der Waals surface area (Å²) in [6, 6.07) is 16.4. The van der Waals surface area contributed by atoms with Gasteiger partial charge in [-0.25, -0.2) is 14.3 Å². The summed E-state index contributed by atoms with van der Waals surface area (Å²) in [5.74, 6) is -1.94. The number of carboxylic acids is 1. The Labute approximate surface area is 290 Å². The molecule has 1 aliphatic carbocycles. The van der Waals surface area contributed by atoms with E-state index in [1.54, 1.807) is 55.5 Å². The van der Waals surface area contributed by atoms with Crippen molar-refractivity contribution in [1.29, 1.82) is 0 Å². The first-order valence-corrected chi connectivity index (χ1v) is 16.3. The molecule has 3 heterocycles. The highest BCUT2D eigenvalue weighted by Crippen LogP contribution is 2.35. The molecule has 0 spiro atoms. The summed E-state index contributed by atoms with van der Waals surface area (Å²) in [4.78, 5) is 69.1. The second-order valence-corrected chi connectivity index (χ2v) is 12.7. The quantitative estimate of drug-likeness (QED) is 0.186. The Hall–Kier alpha value is -5.88. The lowest BCUT2D eigenvalue weighted by atomic mass is 9.98. The number of carboxylic acid groups (broad SMARTS) is 1. The summed E-state index contributed by atoms with van der Waals surface area (Å²) >= 11 is 6.32. The van der Waals surface area contributed by atoms with Gasteiger partial charge in [-0.2, -0.15) is 5.10 Å². The van der Waals surface area contributed by atoms with Crippen molar-refractivity contribution >= 4 is 46.6 Å². The van der Waals surface area contributed by atoms with Crippen molar-refractivity contribution in [2.24, 2.45) is 0 Å². The maximum atomic E-state index is 13.9. The van der Waals surface area contributed by atoms with E-state index in [0.29, 0.717) is 34.7 Å². The fraction of sp³-hybridized carbons (Fsp3) is 0.216. The number of benzene rings is 3. The average Bonchev–Trinajstić information content (AvgIpc) is 3.72. The van der Waals surface area contributed by atoms with Crippen molar-refractivity contribution in [3.63, 3.8) is 0 Å². The van der Waals surface area contributed by atoms with Gasteiger partial charge in [-0.15, -0.1) is 0 Å². The molecule has 3 aromatic carbocycles. The molecule has 50 heavy (non-hydrogen) atoms. The molecule has 0 radical (unpaired) electrons. The number of rotatable bonds is 9. The lowest BCUT2D eigenvalue weighted by Gasteiger charge is -2.17. The fourth-order valence-corrected chi connectivity index (χ4v) is 6.76. The van der Waals surface area contributed by atoms with Gasteiger partial charge in [-0.05, 0) is 71.8 Å². The van der Waals surface area contributed by atoms with E-state index in [2.05, 4.69) is 20.7 Å². The molecule has 0 unspecified atom stereocenters. The van der Waals surface area contributed by atoms with Crippen molar-refractivity contribution in [3.8, 4) is 5.75 Å². The number of ketones is 2. The molecule has 3 N–H and O–H groups in total. The minimum absolute atomic E-state index is 0.0197. The highest BCUT2D eigenvalue weighted by molar-refractivity contribution is 6.31. The van der Waals surface area contributed by atoms with Crippen molar-refractivity contribution in [2.45, 2.75) is 45.2 Å². The number of amides is 2. The van der Waals surface area contributed by atoms with E-state index in [1.807, 2.05) is 0 Å². The lowest BCUT2D eigenvalue weighted by molar-refractivity contribution is -0.121. The molecule has 0 saturated carbocycles. The Balaban J connectivity index is 1.20. The standard InChI is InChI=1S/C37H30ClN5O7/c1-19-24-9-10-29(26(24)8-7-25(19)37(48)49)42-36(47)31-15-30(35(46)39-16-20-6-11-33-22(12-20)13-23(44)18-50-33)41-34-27(17-40-43(31)34)32(45)14-21-4-2-3-5-28(21)38/h2-8,11-12,15,17,29H,9-10,13-14,16,18H2,1H3,(H,39,46)(H,42,47)(H,48,49)/t29-/m0/s1. The number of aromatic nitrogens is 3. The first-order valence-electron chi connectivity index (χ1n) is 15.9. The van der Waals surface area contributed by atoms with Gasteiger partial charge < -0.3 is 20.5 Å². The van der Waals surface area contributed by atoms with E-state index in [-0.39, 0.29) is 65.7 Å². The van der Waals surface area contributed by atoms with Crippen molar-refractivity contribution < 1.29 is 33.8 Å². The maximum absolute atomic E-state index is 13.9. The third-order valence-electron chi connectivity index (χ3n) is 9.13. The number of nitrogens with one attached hydrogen (secondary N) is 2. The number of fused-ring (bicyclic) bond motifs is 3. The van der Waals surface area contributed by atoms with Crippen LogP contribution in [0.3, 0.4) is 0 Å². The van der Waals surface area contributed by atoms with Crippen LogP contribution >= 0.6 is 11.6 Å². The number of aromatic carboxylic acids is 1. The first-order chi connectivity index (χ1) is 24.1. The molecule has 2 aromatic heterocycles. The molecule has 2 aliphatic rings. The van der Waals surface area contributed by atoms with Gasteiger partial charge in [0.25, 0.3) is 11.8 Å². The predicted octanol–water partition coefficient (Wildman–Crippen LogP) is 4.67. The van der Waals surface area contributed by atoms with E-state index in [0.717, 1.165) is 22.3 Å². The average molecular weight is 692 g/mol. The highest BCUT2D eigenvalue weighted by Gasteiger charge is 2.30. The lowest BCUT2D eigenvalue weighted by Crippen LogP contribution is -2.31. The zero-order chi connectivity index (χ0) is 35.1. The number of Topliss-reactive ketones (excluding diaryl/α,β-unsaturated/α-hetero) is 2. The number of hydrogen-bond acceptors (Lipinski definition) is 8. The summed E-state index contributed by atoms with van der Waals surface area (Å²) in [6.45, 7) is 1.89. The molecule has 2 amide bonds. The molecular formula is C37H30ClN5O7. The maximum Gasteiger partial charge on any atom is 0.335 e. The number of carbonyl (C=O) groups is 5. The van der Waals surface area contributed by atoms with Crippen LogP contribution in [-0.4, -0.2) is 55.7 Å². The van der Waals surface area contributed by atoms with Crippen molar-refractivity contribution in [2.75, 3.05) is 6.61 Å². The Kier molecular flexibility index (Phi) is 8.62. The molecule has 252 valence electrons. The number of halogens is 1. The second-order valence-electron chi connectivity index (χ2n) is 12.3. The monoisotopic (exact) mass is 691 g/mol. The molecule has 13 heteroatoms. The fourth-order valence-electron chi connectivity index (χ4n) is 6.56. The van der Waals surface area contributed by atoms with Gasteiger partial charge >= 0.3 is 5.97 Å². The van der Waals surface area contributed by atoms with Crippen LogP contribution in [0.15, 0.2) is 66.9 Å². The van der Waals surface area contributed by atoms with Gasteiger partial charge in [-0.3, -0.25) is 19.2 Å². The molecule has 7 rings (SSSR count). The van der Waals surface area contributed by atoms with Crippen LogP contribution in [0, 0.1) is 6.92 Å². The summed E-state index contributed by atoms with van der Waals surface area (Å²) < 4.78 is 6.70. The largest absolute Gasteiger partial charge is 0.486 e. The smallest absolute Gasteiger partial charge is 0.335 e. The Morgan fingerprint density at radius 2 is 1.86 bits per heavy atom. The van der Waals surface area contributed by atoms with E-state index < -0.39 is 23.8 Å². The third kappa shape index (κ3) is 6.21. The van der Waals surface area contributed by atoms with Crippen LogP contribution in [-0.2, 0) is 30.6 Å². The topological polar surface area (TPSA) is 169 Å². The molecular weight excluding hydrogens is 662 g/mol. The van der Waals surface area contributed by atoms with Crippen LogP contribution in [0.5, 0.6) is 5.75 Å². The SMILES string of the molecule is Cc1c(C(=O)O)ccc2c1CC[C@@H]2NC(=O)c1cc(C(=O)NCc2ccc3c(c2)CC(=O)CO3)nc2c(C(=O)Cc3ccccc3Cl)cnn12. The highest BCUT2D eigenvalue weighted by atomic mass is 35.5. The first kappa shape index (κ1) is 32.7. The van der Waals surface area contributed by atoms with Crippen LogP contribution in [0.4, 0.5) is 0 Å². The summed E-state index contributed by atoms with van der Waals surface area (Å²) in [7, 11) is 0. The summed E-state index contributed by atoms with van der Waals surface area (Å²) in [5.41, 5.74) is 4.63. The van der Waals surface area contributed by atoms with Crippen LogP contribution < -0.4 is 15.4 Å². The molecule has 0 saturated heterocycles. The van der Waals surface area contributed by atoms with Gasteiger partial charge in [0.2, 0.25) is 0 Å². The van der Waals surface area contributed by atoms with Crippen molar-refractivity contribution in [3.05, 3.63) is 128 Å². The zero-order valence-electron chi connectivity index (χ0n) is 26.8. The zero-order valence-corrected chi connectivity index (χ0v) is 27.5. The van der Waals surface area contributed by atoms with Crippen LogP contribution in [0.1, 0.15) is 87.5 Å². The van der Waals surface area contributed by atoms with Gasteiger partial charge in [0, 0.05) is 36.0 Å². The Morgan fingerprint density at radius 3 is 2.66 bits per heavy atom. The minimum Gasteiger partial charge on any atom is -0.486 e.